The van der Waals surface area contributed by atoms with Crippen molar-refractivity contribution in [1.82, 2.24) is 10.1 Å². The highest BCUT2D eigenvalue weighted by molar-refractivity contribution is 5.97. The van der Waals surface area contributed by atoms with Gasteiger partial charge >= 0.3 is 0 Å². The summed E-state index contributed by atoms with van der Waals surface area (Å²) in [5.41, 5.74) is 3.11. The number of amides is 1. The van der Waals surface area contributed by atoms with E-state index < -0.39 is 0 Å². The van der Waals surface area contributed by atoms with E-state index in [0.29, 0.717) is 18.3 Å². The van der Waals surface area contributed by atoms with Gasteiger partial charge in [0.25, 0.3) is 0 Å². The zero-order chi connectivity index (χ0) is 15.5. The average Bonchev–Trinajstić information content (AvgIpc) is 3.12. The van der Waals surface area contributed by atoms with Crippen molar-refractivity contribution < 1.29 is 9.32 Å². The number of rotatable bonds is 5. The molecule has 3 rings (SSSR count). The van der Waals surface area contributed by atoms with Gasteiger partial charge in [-0.25, -0.2) is 0 Å². The van der Waals surface area contributed by atoms with E-state index in [1.807, 2.05) is 17.0 Å². The molecule has 1 aliphatic rings. The number of nitrogens with zero attached hydrogens (tertiary/aromatic N) is 3. The van der Waals surface area contributed by atoms with Crippen LogP contribution in [-0.4, -0.2) is 22.6 Å². The lowest BCUT2D eigenvalue weighted by molar-refractivity contribution is -0.116. The lowest BCUT2D eigenvalue weighted by Gasteiger charge is -2.19. The normalized spacial score (nSPS) is 13.3. The first-order chi connectivity index (χ1) is 10.7. The van der Waals surface area contributed by atoms with Gasteiger partial charge in [0.05, 0.1) is 17.9 Å². The van der Waals surface area contributed by atoms with Crippen molar-refractivity contribution in [1.29, 1.82) is 0 Å². The molecule has 1 aliphatic heterocycles. The fraction of sp³-hybridized carbons (Fsp3) is 0.438. The topological polar surface area (TPSA) is 71.3 Å². The number of para-hydroxylation sites is 1. The molecule has 2 heterocycles. The fourth-order valence-electron chi connectivity index (χ4n) is 2.77. The number of carbonyl (C=O) groups is 1. The predicted molar refractivity (Wildman–Crippen MR) is 83.8 cm³/mol. The Morgan fingerprint density at radius 3 is 3.09 bits per heavy atom. The second-order valence-corrected chi connectivity index (χ2v) is 5.44. The zero-order valence-corrected chi connectivity index (χ0v) is 12.9. The second kappa shape index (κ2) is 6.17. The molecule has 0 bridgehead atoms. The molecule has 22 heavy (non-hydrogen) atoms. The molecule has 2 aromatic rings. The van der Waals surface area contributed by atoms with E-state index in [4.69, 9.17) is 4.52 Å². The van der Waals surface area contributed by atoms with Gasteiger partial charge in [0.1, 0.15) is 0 Å². The molecule has 1 aromatic heterocycles. The molecule has 0 fully saturated rings. The number of benzene rings is 1. The highest BCUT2D eigenvalue weighted by Gasteiger charge is 2.25. The maximum Gasteiger partial charge on any atom is 0.226 e. The van der Waals surface area contributed by atoms with Crippen molar-refractivity contribution in [2.45, 2.75) is 39.7 Å². The highest BCUT2D eigenvalue weighted by Crippen LogP contribution is 2.35. The number of aryl methyl sites for hydroxylation is 1. The Hall–Kier alpha value is -2.37. The molecule has 6 heteroatoms. The van der Waals surface area contributed by atoms with Gasteiger partial charge < -0.3 is 14.7 Å². The number of hydrogen-bond acceptors (Lipinski definition) is 5. The van der Waals surface area contributed by atoms with Crippen molar-refractivity contribution in [3.8, 4) is 0 Å². The minimum Gasteiger partial charge on any atom is -0.376 e. The third-order valence-electron chi connectivity index (χ3n) is 3.79. The van der Waals surface area contributed by atoms with Crippen LogP contribution in [0.4, 0.5) is 11.4 Å². The van der Waals surface area contributed by atoms with Crippen molar-refractivity contribution in [3.05, 3.63) is 35.5 Å². The number of nitrogens with one attached hydrogen (secondary N) is 1. The van der Waals surface area contributed by atoms with Crippen LogP contribution in [0, 0.1) is 0 Å². The fourth-order valence-corrected chi connectivity index (χ4v) is 2.77. The summed E-state index contributed by atoms with van der Waals surface area (Å²) in [6.07, 6.45) is 2.67. The van der Waals surface area contributed by atoms with Crippen molar-refractivity contribution in [3.63, 3.8) is 0 Å². The van der Waals surface area contributed by atoms with Gasteiger partial charge in [0.15, 0.2) is 5.82 Å². The SMILES string of the molecule is CCCc1nc(CNc2cccc3c2N(C(C)=O)CC3)no1. The Labute approximate surface area is 129 Å². The summed E-state index contributed by atoms with van der Waals surface area (Å²) in [4.78, 5) is 17.9. The van der Waals surface area contributed by atoms with Gasteiger partial charge in [-0.05, 0) is 24.5 Å². The van der Waals surface area contributed by atoms with Crippen LogP contribution in [0.2, 0.25) is 0 Å². The van der Waals surface area contributed by atoms with Gasteiger partial charge in [-0.15, -0.1) is 0 Å². The monoisotopic (exact) mass is 300 g/mol. The zero-order valence-electron chi connectivity index (χ0n) is 12.9. The standard InChI is InChI=1S/C16H20N4O2/c1-3-5-15-18-14(19-22-15)10-17-13-7-4-6-12-8-9-20(11(2)21)16(12)13/h4,6-7,17H,3,5,8-10H2,1-2H3. The number of hydrogen-bond donors (Lipinski definition) is 1. The second-order valence-electron chi connectivity index (χ2n) is 5.44. The molecule has 0 spiro atoms. The predicted octanol–water partition coefficient (Wildman–Crippen LogP) is 2.54. The summed E-state index contributed by atoms with van der Waals surface area (Å²) >= 11 is 0. The third-order valence-corrected chi connectivity index (χ3v) is 3.79. The Bertz CT molecular complexity index is 681. The van der Waals surface area contributed by atoms with Crippen LogP contribution in [0.3, 0.4) is 0 Å². The van der Waals surface area contributed by atoms with Crippen molar-refractivity contribution in [2.75, 3.05) is 16.8 Å². The van der Waals surface area contributed by atoms with Crippen LogP contribution in [0.15, 0.2) is 22.7 Å². The molecule has 0 saturated heterocycles. The molecular weight excluding hydrogens is 280 g/mol. The molecule has 116 valence electrons. The van der Waals surface area contributed by atoms with Crippen LogP contribution < -0.4 is 10.2 Å². The summed E-state index contributed by atoms with van der Waals surface area (Å²) in [6, 6.07) is 6.05. The Morgan fingerprint density at radius 1 is 1.45 bits per heavy atom. The van der Waals surface area contributed by atoms with E-state index in [9.17, 15) is 4.79 Å². The summed E-state index contributed by atoms with van der Waals surface area (Å²) < 4.78 is 5.18. The van der Waals surface area contributed by atoms with Crippen LogP contribution >= 0.6 is 0 Å². The molecule has 0 unspecified atom stereocenters. The van der Waals surface area contributed by atoms with Gasteiger partial charge in [0.2, 0.25) is 11.8 Å². The largest absolute Gasteiger partial charge is 0.376 e. The van der Waals surface area contributed by atoms with Crippen molar-refractivity contribution in [2.24, 2.45) is 0 Å². The quantitative estimate of drug-likeness (QED) is 0.918. The number of fused-ring (bicyclic) bond motifs is 1. The van der Waals surface area contributed by atoms with Crippen molar-refractivity contribution >= 4 is 17.3 Å². The van der Waals surface area contributed by atoms with Gasteiger partial charge in [-0.3, -0.25) is 4.79 Å². The average molecular weight is 300 g/mol. The Kier molecular flexibility index (Phi) is 4.09. The smallest absolute Gasteiger partial charge is 0.226 e. The van der Waals surface area contributed by atoms with E-state index in [1.165, 1.54) is 5.56 Å². The maximum absolute atomic E-state index is 11.8. The van der Waals surface area contributed by atoms with Crippen LogP contribution in [0.5, 0.6) is 0 Å². The van der Waals surface area contributed by atoms with Crippen LogP contribution in [-0.2, 0) is 24.2 Å². The first-order valence-electron chi connectivity index (χ1n) is 7.64. The number of anilines is 2. The number of carbonyl (C=O) groups excluding carboxylic acids is 1. The third kappa shape index (κ3) is 2.81. The van der Waals surface area contributed by atoms with Gasteiger partial charge in [-0.1, -0.05) is 24.2 Å². The first kappa shape index (κ1) is 14.6. The van der Waals surface area contributed by atoms with E-state index in [-0.39, 0.29) is 5.91 Å². The first-order valence-corrected chi connectivity index (χ1v) is 7.64. The van der Waals surface area contributed by atoms with Crippen LogP contribution in [0.25, 0.3) is 0 Å². The Morgan fingerprint density at radius 2 is 2.32 bits per heavy atom. The van der Waals surface area contributed by atoms with Gasteiger partial charge in [0, 0.05) is 19.9 Å². The summed E-state index contributed by atoms with van der Waals surface area (Å²) in [5.74, 6) is 1.37. The molecule has 0 saturated carbocycles. The molecule has 1 amide bonds. The van der Waals surface area contributed by atoms with E-state index >= 15 is 0 Å². The lowest BCUT2D eigenvalue weighted by Crippen LogP contribution is -2.26. The lowest BCUT2D eigenvalue weighted by atomic mass is 10.1. The van der Waals surface area contributed by atoms with E-state index in [2.05, 4.69) is 28.4 Å². The summed E-state index contributed by atoms with van der Waals surface area (Å²) in [6.45, 7) is 4.90. The minimum absolute atomic E-state index is 0.0674. The number of aromatic nitrogens is 2. The summed E-state index contributed by atoms with van der Waals surface area (Å²) in [5, 5.41) is 7.29. The molecule has 1 N–H and O–H groups in total. The highest BCUT2D eigenvalue weighted by atomic mass is 16.5. The van der Waals surface area contributed by atoms with Crippen LogP contribution in [0.1, 0.15) is 37.5 Å². The molecule has 0 aliphatic carbocycles. The van der Waals surface area contributed by atoms with Gasteiger partial charge in [-0.2, -0.15) is 4.98 Å². The molecule has 0 atom stereocenters. The minimum atomic E-state index is 0.0674. The molecule has 1 aromatic carbocycles. The summed E-state index contributed by atoms with van der Waals surface area (Å²) in [7, 11) is 0. The maximum atomic E-state index is 11.8. The van der Waals surface area contributed by atoms with E-state index in [1.54, 1.807) is 6.92 Å². The molecular formula is C16H20N4O2. The Balaban J connectivity index is 1.75. The molecule has 6 nitrogen and oxygen atoms in total. The molecule has 0 radical (unpaired) electrons. The van der Waals surface area contributed by atoms with E-state index in [0.717, 1.165) is 37.2 Å².